The van der Waals surface area contributed by atoms with Gasteiger partial charge in [0.15, 0.2) is 5.78 Å². The Morgan fingerprint density at radius 1 is 1.35 bits per heavy atom. The number of rotatable bonds is 2. The second kappa shape index (κ2) is 4.05. The highest BCUT2D eigenvalue weighted by molar-refractivity contribution is 6.08. The maximum Gasteiger partial charge on any atom is 0.196 e. The van der Waals surface area contributed by atoms with Crippen LogP contribution in [0.2, 0.25) is 0 Å². The molecule has 0 fully saturated rings. The van der Waals surface area contributed by atoms with Crippen LogP contribution in [0.15, 0.2) is 30.6 Å². The van der Waals surface area contributed by atoms with Gasteiger partial charge < -0.3 is 4.74 Å². The van der Waals surface area contributed by atoms with Crippen LogP contribution >= 0.6 is 0 Å². The first-order valence-corrected chi connectivity index (χ1v) is 5.64. The Balaban J connectivity index is 1.96. The van der Waals surface area contributed by atoms with Crippen molar-refractivity contribution in [1.29, 1.82) is 0 Å². The number of fused-ring (bicyclic) bond motifs is 1. The van der Waals surface area contributed by atoms with E-state index in [9.17, 15) is 4.79 Å². The summed E-state index contributed by atoms with van der Waals surface area (Å²) in [5.74, 6) is 0.895. The lowest BCUT2D eigenvalue weighted by molar-refractivity contribution is 0.103. The smallest absolute Gasteiger partial charge is 0.196 e. The Hall–Kier alpha value is -2.10. The van der Waals surface area contributed by atoms with E-state index in [0.717, 1.165) is 30.8 Å². The highest BCUT2D eigenvalue weighted by Crippen LogP contribution is 2.26. The lowest BCUT2D eigenvalue weighted by Gasteiger charge is -2.17. The van der Waals surface area contributed by atoms with Crippen molar-refractivity contribution in [2.24, 2.45) is 0 Å². The molecular formula is C13H12N2O2. The van der Waals surface area contributed by atoms with E-state index in [1.807, 2.05) is 12.1 Å². The van der Waals surface area contributed by atoms with Crippen molar-refractivity contribution in [3.8, 4) is 5.75 Å². The summed E-state index contributed by atoms with van der Waals surface area (Å²) < 4.78 is 5.52. The quantitative estimate of drug-likeness (QED) is 0.799. The fourth-order valence-electron chi connectivity index (χ4n) is 2.04. The summed E-state index contributed by atoms with van der Waals surface area (Å²) in [6.45, 7) is 0.766. The number of aryl methyl sites for hydroxylation is 1. The van der Waals surface area contributed by atoms with Crippen LogP contribution in [-0.2, 0) is 6.42 Å². The molecule has 4 heteroatoms. The molecule has 1 N–H and O–H groups in total. The van der Waals surface area contributed by atoms with E-state index in [1.165, 1.54) is 6.20 Å². The predicted octanol–water partition coefficient (Wildman–Crippen LogP) is 1.97. The van der Waals surface area contributed by atoms with Crippen LogP contribution in [0.5, 0.6) is 5.75 Å². The van der Waals surface area contributed by atoms with Crippen molar-refractivity contribution in [2.45, 2.75) is 12.8 Å². The number of hydrogen-bond donors (Lipinski definition) is 1. The number of carbonyl (C=O) groups is 1. The second-order valence-corrected chi connectivity index (χ2v) is 4.09. The van der Waals surface area contributed by atoms with Gasteiger partial charge in [0, 0.05) is 11.8 Å². The van der Waals surface area contributed by atoms with Gasteiger partial charge in [0.1, 0.15) is 5.75 Å². The van der Waals surface area contributed by atoms with Crippen LogP contribution in [-0.4, -0.2) is 22.6 Å². The minimum atomic E-state index is -0.00729. The molecule has 1 aromatic heterocycles. The minimum Gasteiger partial charge on any atom is -0.493 e. The molecule has 0 atom stereocenters. The Morgan fingerprint density at radius 3 is 3.12 bits per heavy atom. The molecule has 0 amide bonds. The van der Waals surface area contributed by atoms with Crippen molar-refractivity contribution >= 4 is 5.78 Å². The van der Waals surface area contributed by atoms with Gasteiger partial charge in [0.25, 0.3) is 0 Å². The van der Waals surface area contributed by atoms with Gasteiger partial charge >= 0.3 is 0 Å². The fraction of sp³-hybridized carbons (Fsp3) is 0.231. The van der Waals surface area contributed by atoms with Gasteiger partial charge in [-0.3, -0.25) is 9.89 Å². The maximum absolute atomic E-state index is 12.1. The third-order valence-corrected chi connectivity index (χ3v) is 2.93. The van der Waals surface area contributed by atoms with E-state index in [0.29, 0.717) is 11.1 Å². The van der Waals surface area contributed by atoms with Crippen LogP contribution in [0.1, 0.15) is 27.9 Å². The molecule has 0 spiro atoms. The Kier molecular flexibility index (Phi) is 2.40. The summed E-state index contributed by atoms with van der Waals surface area (Å²) in [5.41, 5.74) is 2.39. The second-order valence-electron chi connectivity index (χ2n) is 4.09. The molecule has 0 saturated heterocycles. The largest absolute Gasteiger partial charge is 0.493 e. The first kappa shape index (κ1) is 10.1. The number of carbonyl (C=O) groups excluding carboxylic acids is 1. The summed E-state index contributed by atoms with van der Waals surface area (Å²) in [6.07, 6.45) is 5.13. The van der Waals surface area contributed by atoms with Gasteiger partial charge in [-0.15, -0.1) is 0 Å². The molecule has 0 aliphatic carbocycles. The number of ketones is 1. The minimum absolute atomic E-state index is 0.00729. The van der Waals surface area contributed by atoms with Crippen molar-refractivity contribution in [3.63, 3.8) is 0 Å². The molecule has 1 aromatic carbocycles. The van der Waals surface area contributed by atoms with Crippen LogP contribution in [0.25, 0.3) is 0 Å². The third-order valence-electron chi connectivity index (χ3n) is 2.93. The number of benzene rings is 1. The molecule has 0 bridgehead atoms. The number of nitrogens with zero attached hydrogens (tertiary/aromatic N) is 1. The van der Waals surface area contributed by atoms with E-state index in [4.69, 9.17) is 4.74 Å². The van der Waals surface area contributed by atoms with Gasteiger partial charge in [0.05, 0.1) is 18.4 Å². The number of aromatic nitrogens is 2. The summed E-state index contributed by atoms with van der Waals surface area (Å²) >= 11 is 0. The molecular weight excluding hydrogens is 216 g/mol. The molecule has 86 valence electrons. The lowest BCUT2D eigenvalue weighted by atomic mass is 9.99. The van der Waals surface area contributed by atoms with E-state index in [2.05, 4.69) is 10.2 Å². The highest BCUT2D eigenvalue weighted by atomic mass is 16.5. The molecule has 0 saturated carbocycles. The van der Waals surface area contributed by atoms with Crippen molar-refractivity contribution in [2.75, 3.05) is 6.61 Å². The van der Waals surface area contributed by atoms with E-state index in [1.54, 1.807) is 12.3 Å². The first-order chi connectivity index (χ1) is 8.34. The van der Waals surface area contributed by atoms with E-state index >= 15 is 0 Å². The molecule has 3 rings (SSSR count). The summed E-state index contributed by atoms with van der Waals surface area (Å²) in [5, 5.41) is 6.43. The summed E-state index contributed by atoms with van der Waals surface area (Å²) in [6, 6.07) is 5.60. The Bertz CT molecular complexity index is 547. The van der Waals surface area contributed by atoms with Gasteiger partial charge in [-0.2, -0.15) is 5.10 Å². The number of aromatic amines is 1. The standard InChI is InChI=1S/C13H12N2O2/c16-13(11-7-14-15-8-11)10-3-4-12-9(6-10)2-1-5-17-12/h3-4,6-8H,1-2,5H2,(H,14,15). The SMILES string of the molecule is O=C(c1cn[nH]c1)c1ccc2c(c1)CCCO2. The molecule has 1 aliphatic rings. The molecule has 2 heterocycles. The van der Waals surface area contributed by atoms with Gasteiger partial charge in [-0.25, -0.2) is 0 Å². The third kappa shape index (κ3) is 1.82. The normalized spacial score (nSPS) is 13.9. The van der Waals surface area contributed by atoms with Crippen molar-refractivity contribution < 1.29 is 9.53 Å². The molecule has 1 aliphatic heterocycles. The van der Waals surface area contributed by atoms with Crippen molar-refractivity contribution in [1.82, 2.24) is 10.2 Å². The fourth-order valence-corrected chi connectivity index (χ4v) is 2.04. The lowest BCUT2D eigenvalue weighted by Crippen LogP contribution is -2.10. The van der Waals surface area contributed by atoms with Gasteiger partial charge in [0.2, 0.25) is 0 Å². The summed E-state index contributed by atoms with van der Waals surface area (Å²) in [7, 11) is 0. The van der Waals surface area contributed by atoms with Gasteiger partial charge in [-0.05, 0) is 36.6 Å². The Morgan fingerprint density at radius 2 is 2.29 bits per heavy atom. The van der Waals surface area contributed by atoms with Crippen molar-refractivity contribution in [3.05, 3.63) is 47.3 Å². The molecule has 0 radical (unpaired) electrons. The van der Waals surface area contributed by atoms with E-state index < -0.39 is 0 Å². The monoisotopic (exact) mass is 228 g/mol. The number of H-pyrrole nitrogens is 1. The average molecular weight is 228 g/mol. The number of nitrogens with one attached hydrogen (secondary N) is 1. The predicted molar refractivity (Wildman–Crippen MR) is 62.3 cm³/mol. The first-order valence-electron chi connectivity index (χ1n) is 5.64. The average Bonchev–Trinajstić information content (AvgIpc) is 2.91. The van der Waals surface area contributed by atoms with E-state index in [-0.39, 0.29) is 5.78 Å². The molecule has 17 heavy (non-hydrogen) atoms. The Labute approximate surface area is 98.6 Å². The molecule has 0 unspecified atom stereocenters. The zero-order valence-electron chi connectivity index (χ0n) is 9.27. The van der Waals surface area contributed by atoms with Crippen LogP contribution in [0.4, 0.5) is 0 Å². The van der Waals surface area contributed by atoms with Crippen LogP contribution in [0, 0.1) is 0 Å². The van der Waals surface area contributed by atoms with Crippen LogP contribution < -0.4 is 4.74 Å². The molecule has 4 nitrogen and oxygen atoms in total. The van der Waals surface area contributed by atoms with Crippen LogP contribution in [0.3, 0.4) is 0 Å². The molecule has 2 aromatic rings. The number of hydrogen-bond acceptors (Lipinski definition) is 3. The van der Waals surface area contributed by atoms with Gasteiger partial charge in [-0.1, -0.05) is 0 Å². The maximum atomic E-state index is 12.1. The summed E-state index contributed by atoms with van der Waals surface area (Å²) in [4.78, 5) is 12.1. The highest BCUT2D eigenvalue weighted by Gasteiger charge is 2.15. The zero-order valence-corrected chi connectivity index (χ0v) is 9.27. The topological polar surface area (TPSA) is 55.0 Å². The zero-order chi connectivity index (χ0) is 11.7. The number of ether oxygens (including phenoxy) is 1.